The number of nitrogens with zero attached hydrogens (tertiary/aromatic N) is 2. The maximum Gasteiger partial charge on any atom is 0.243 e. The maximum absolute atomic E-state index is 13.0. The molecule has 2 aliphatic rings. The van der Waals surface area contributed by atoms with Crippen molar-refractivity contribution in [2.24, 2.45) is 5.92 Å². The van der Waals surface area contributed by atoms with Gasteiger partial charge in [0.25, 0.3) is 0 Å². The van der Waals surface area contributed by atoms with Crippen LogP contribution >= 0.6 is 0 Å². The van der Waals surface area contributed by atoms with E-state index in [2.05, 4.69) is 10.2 Å². The first-order valence-electron chi connectivity index (χ1n) is 9.70. The summed E-state index contributed by atoms with van der Waals surface area (Å²) in [5, 5.41) is 2.98. The minimum absolute atomic E-state index is 0.122. The van der Waals surface area contributed by atoms with E-state index < -0.39 is 15.8 Å². The van der Waals surface area contributed by atoms with Gasteiger partial charge in [-0.05, 0) is 43.0 Å². The van der Waals surface area contributed by atoms with Gasteiger partial charge in [-0.2, -0.15) is 4.31 Å². The molecule has 1 amide bonds. The van der Waals surface area contributed by atoms with Gasteiger partial charge >= 0.3 is 0 Å². The summed E-state index contributed by atoms with van der Waals surface area (Å²) >= 11 is 0. The fraction of sp³-hybridized carbons (Fsp3) is 0.632. The van der Waals surface area contributed by atoms with Crippen LogP contribution in [0.4, 0.5) is 4.39 Å². The molecule has 1 aliphatic heterocycles. The molecule has 0 unspecified atom stereocenters. The molecule has 0 aromatic heterocycles. The van der Waals surface area contributed by atoms with Gasteiger partial charge in [-0.3, -0.25) is 9.69 Å². The van der Waals surface area contributed by atoms with Crippen LogP contribution in [-0.4, -0.2) is 62.8 Å². The number of carbonyl (C=O) groups is 1. The van der Waals surface area contributed by atoms with Gasteiger partial charge in [-0.15, -0.1) is 0 Å². The minimum atomic E-state index is -3.58. The summed E-state index contributed by atoms with van der Waals surface area (Å²) in [6.45, 7) is 3.36. The summed E-state index contributed by atoms with van der Waals surface area (Å²) in [7, 11) is -3.58. The molecular formula is C19H28FN3O3S. The largest absolute Gasteiger partial charge is 0.355 e. The summed E-state index contributed by atoms with van der Waals surface area (Å²) in [6, 6.07) is 4.93. The SMILES string of the molecule is O=C(CC1CCCC1)NCCN1CCN(S(=O)(=O)c2ccc(F)cc2)CC1. The van der Waals surface area contributed by atoms with Crippen LogP contribution in [0.3, 0.4) is 0 Å². The number of carbonyl (C=O) groups excluding carboxylic acids is 1. The van der Waals surface area contributed by atoms with Crippen molar-refractivity contribution in [2.75, 3.05) is 39.3 Å². The molecule has 1 aromatic carbocycles. The first-order valence-corrected chi connectivity index (χ1v) is 11.1. The van der Waals surface area contributed by atoms with Crippen molar-refractivity contribution in [2.45, 2.75) is 37.0 Å². The number of halogens is 1. The van der Waals surface area contributed by atoms with E-state index in [1.54, 1.807) is 0 Å². The monoisotopic (exact) mass is 397 g/mol. The number of nitrogens with one attached hydrogen (secondary N) is 1. The number of hydrogen-bond donors (Lipinski definition) is 1. The molecule has 0 atom stereocenters. The molecule has 0 radical (unpaired) electrons. The molecule has 1 heterocycles. The van der Waals surface area contributed by atoms with E-state index in [9.17, 15) is 17.6 Å². The van der Waals surface area contributed by atoms with E-state index >= 15 is 0 Å². The number of sulfonamides is 1. The van der Waals surface area contributed by atoms with Crippen molar-refractivity contribution in [3.05, 3.63) is 30.1 Å². The summed E-state index contributed by atoms with van der Waals surface area (Å²) in [4.78, 5) is 14.2. The lowest BCUT2D eigenvalue weighted by molar-refractivity contribution is -0.122. The molecule has 8 heteroatoms. The van der Waals surface area contributed by atoms with Crippen LogP contribution in [0.2, 0.25) is 0 Å². The van der Waals surface area contributed by atoms with Gasteiger partial charge in [0.1, 0.15) is 5.82 Å². The van der Waals surface area contributed by atoms with Crippen molar-refractivity contribution in [3.8, 4) is 0 Å². The zero-order valence-electron chi connectivity index (χ0n) is 15.6. The quantitative estimate of drug-likeness (QED) is 0.762. The predicted octanol–water partition coefficient (Wildman–Crippen LogP) is 1.83. The Balaban J connectivity index is 1.39. The third kappa shape index (κ3) is 5.49. The van der Waals surface area contributed by atoms with Gasteiger partial charge in [-0.25, -0.2) is 12.8 Å². The van der Waals surface area contributed by atoms with Crippen LogP contribution in [0.25, 0.3) is 0 Å². The first kappa shape index (κ1) is 20.2. The molecule has 1 saturated heterocycles. The van der Waals surface area contributed by atoms with Gasteiger partial charge in [0, 0.05) is 45.7 Å². The topological polar surface area (TPSA) is 69.7 Å². The Morgan fingerprint density at radius 3 is 2.33 bits per heavy atom. The highest BCUT2D eigenvalue weighted by Gasteiger charge is 2.28. The third-order valence-corrected chi connectivity index (χ3v) is 7.39. The number of piperazine rings is 1. The van der Waals surface area contributed by atoms with Crippen molar-refractivity contribution < 1.29 is 17.6 Å². The number of hydrogen-bond acceptors (Lipinski definition) is 4. The van der Waals surface area contributed by atoms with Crippen molar-refractivity contribution in [1.29, 1.82) is 0 Å². The molecule has 2 fully saturated rings. The average Bonchev–Trinajstić information content (AvgIpc) is 3.15. The van der Waals surface area contributed by atoms with Crippen molar-refractivity contribution >= 4 is 15.9 Å². The molecule has 1 aliphatic carbocycles. The predicted molar refractivity (Wildman–Crippen MR) is 101 cm³/mol. The van der Waals surface area contributed by atoms with Crippen molar-refractivity contribution in [3.63, 3.8) is 0 Å². The summed E-state index contributed by atoms with van der Waals surface area (Å²) in [5.41, 5.74) is 0. The smallest absolute Gasteiger partial charge is 0.243 e. The van der Waals surface area contributed by atoms with Gasteiger partial charge in [0.15, 0.2) is 0 Å². The fourth-order valence-electron chi connectivity index (χ4n) is 3.85. The molecule has 3 rings (SSSR count). The van der Waals surface area contributed by atoms with Crippen LogP contribution in [0, 0.1) is 11.7 Å². The maximum atomic E-state index is 13.0. The van der Waals surface area contributed by atoms with E-state index in [0.29, 0.717) is 45.1 Å². The van der Waals surface area contributed by atoms with Gasteiger partial charge in [-0.1, -0.05) is 12.8 Å². The molecular weight excluding hydrogens is 369 g/mol. The first-order chi connectivity index (χ1) is 12.9. The van der Waals surface area contributed by atoms with E-state index in [4.69, 9.17) is 0 Å². The normalized spacial score (nSPS) is 20.0. The van der Waals surface area contributed by atoms with Crippen LogP contribution in [0.5, 0.6) is 0 Å². The van der Waals surface area contributed by atoms with E-state index in [1.807, 2.05) is 0 Å². The Hall–Kier alpha value is -1.51. The fourth-order valence-corrected chi connectivity index (χ4v) is 5.27. The van der Waals surface area contributed by atoms with Crippen LogP contribution in [0.1, 0.15) is 32.1 Å². The van der Waals surface area contributed by atoms with Gasteiger partial charge in [0.05, 0.1) is 4.90 Å². The average molecular weight is 398 g/mol. The molecule has 0 bridgehead atoms. The zero-order chi connectivity index (χ0) is 19.3. The van der Waals surface area contributed by atoms with Crippen LogP contribution in [0.15, 0.2) is 29.2 Å². The number of amides is 1. The molecule has 1 N–H and O–H groups in total. The highest BCUT2D eigenvalue weighted by molar-refractivity contribution is 7.89. The molecule has 1 aromatic rings. The lowest BCUT2D eigenvalue weighted by atomic mass is 10.0. The molecule has 6 nitrogen and oxygen atoms in total. The highest BCUT2D eigenvalue weighted by atomic mass is 32.2. The number of rotatable bonds is 7. The second-order valence-corrected chi connectivity index (χ2v) is 9.34. The Bertz CT molecular complexity index is 725. The Morgan fingerprint density at radius 2 is 1.70 bits per heavy atom. The highest BCUT2D eigenvalue weighted by Crippen LogP contribution is 2.27. The molecule has 27 heavy (non-hydrogen) atoms. The second-order valence-electron chi connectivity index (χ2n) is 7.40. The summed E-state index contributed by atoms with van der Waals surface area (Å²) in [5.74, 6) is 0.221. The Labute approximate surface area is 160 Å². The van der Waals surface area contributed by atoms with Gasteiger partial charge in [0.2, 0.25) is 15.9 Å². The van der Waals surface area contributed by atoms with Gasteiger partial charge < -0.3 is 5.32 Å². The molecule has 1 saturated carbocycles. The second kappa shape index (κ2) is 9.12. The molecule has 0 spiro atoms. The number of benzene rings is 1. The lowest BCUT2D eigenvalue weighted by Gasteiger charge is -2.34. The molecule has 150 valence electrons. The summed E-state index contributed by atoms with van der Waals surface area (Å²) in [6.07, 6.45) is 5.44. The van der Waals surface area contributed by atoms with Crippen LogP contribution in [-0.2, 0) is 14.8 Å². The van der Waals surface area contributed by atoms with E-state index in [1.165, 1.54) is 29.3 Å². The minimum Gasteiger partial charge on any atom is -0.355 e. The van der Waals surface area contributed by atoms with Crippen molar-refractivity contribution in [1.82, 2.24) is 14.5 Å². The Kier molecular flexibility index (Phi) is 6.83. The van der Waals surface area contributed by atoms with Crippen LogP contribution < -0.4 is 5.32 Å². The third-order valence-electron chi connectivity index (χ3n) is 5.48. The standard InChI is InChI=1S/C19H28FN3O3S/c20-17-5-7-18(8-6-17)27(25,26)23-13-11-22(12-14-23)10-9-21-19(24)15-16-3-1-2-4-16/h5-8,16H,1-4,9-15H2,(H,21,24). The zero-order valence-corrected chi connectivity index (χ0v) is 16.4. The van der Waals surface area contributed by atoms with E-state index in [0.717, 1.165) is 31.5 Å². The summed E-state index contributed by atoms with van der Waals surface area (Å²) < 4.78 is 39.7. The van der Waals surface area contributed by atoms with E-state index in [-0.39, 0.29) is 10.8 Å². The lowest BCUT2D eigenvalue weighted by Crippen LogP contribution is -2.50. The Morgan fingerprint density at radius 1 is 1.07 bits per heavy atom.